The Kier molecular flexibility index (Phi) is 8.05. The zero-order chi connectivity index (χ0) is 11.0. The third kappa shape index (κ3) is 10.7. The van der Waals surface area contributed by atoms with Crippen molar-refractivity contribution in [3.05, 3.63) is 0 Å². The van der Waals surface area contributed by atoms with Gasteiger partial charge in [0.15, 0.2) is 0 Å². The van der Waals surface area contributed by atoms with Crippen LogP contribution in [0.4, 0.5) is 4.79 Å². The number of carboxylic acids is 1. The molecule has 0 aliphatic rings. The van der Waals surface area contributed by atoms with Crippen LogP contribution in [0.5, 0.6) is 0 Å². The van der Waals surface area contributed by atoms with Crippen molar-refractivity contribution in [1.82, 2.24) is 0 Å². The summed E-state index contributed by atoms with van der Waals surface area (Å²) in [5.74, 6) is -0.841. The first kappa shape index (κ1) is 14.2. The second-order valence-corrected chi connectivity index (χ2v) is 2.59. The molecule has 13 heavy (non-hydrogen) atoms. The monoisotopic (exact) mass is 192 g/mol. The summed E-state index contributed by atoms with van der Waals surface area (Å²) >= 11 is 0. The first-order valence-corrected chi connectivity index (χ1v) is 3.79. The molecule has 0 fully saturated rings. The van der Waals surface area contributed by atoms with Gasteiger partial charge in [-0.3, -0.25) is 4.79 Å². The van der Waals surface area contributed by atoms with E-state index in [0.29, 0.717) is 0 Å². The lowest BCUT2D eigenvalue weighted by atomic mass is 10.0. The van der Waals surface area contributed by atoms with Gasteiger partial charge >= 0.3 is 12.1 Å². The average molecular weight is 192 g/mol. The Morgan fingerprint density at radius 3 is 1.77 bits per heavy atom. The molecule has 6 heteroatoms. The number of amides is 1. The average Bonchev–Trinajstić information content (AvgIpc) is 2.00. The van der Waals surface area contributed by atoms with E-state index in [1.165, 1.54) is 0 Å². The Hall–Kier alpha value is -1.30. The summed E-state index contributed by atoms with van der Waals surface area (Å²) in [5, 5.41) is 15.6. The number of primary amides is 1. The number of nitrogens with two attached hydrogens (primary N) is 2. The van der Waals surface area contributed by atoms with Crippen molar-refractivity contribution in [2.75, 3.05) is 0 Å². The van der Waals surface area contributed by atoms with Crippen molar-refractivity contribution in [2.45, 2.75) is 26.3 Å². The van der Waals surface area contributed by atoms with Crippen molar-refractivity contribution in [3.8, 4) is 0 Å². The van der Waals surface area contributed by atoms with Crippen LogP contribution in [0.15, 0.2) is 0 Å². The third-order valence-electron chi connectivity index (χ3n) is 1.54. The molecule has 0 saturated heterocycles. The van der Waals surface area contributed by atoms with Gasteiger partial charge in [-0.05, 0) is 5.92 Å². The molecule has 2 atom stereocenters. The predicted molar refractivity (Wildman–Crippen MR) is 47.3 cm³/mol. The molecule has 1 amide bonds. The lowest BCUT2D eigenvalue weighted by molar-refractivity contribution is -0.139. The minimum absolute atomic E-state index is 0.0718. The van der Waals surface area contributed by atoms with Gasteiger partial charge in [-0.1, -0.05) is 20.3 Å². The van der Waals surface area contributed by atoms with E-state index in [9.17, 15) is 4.79 Å². The maximum absolute atomic E-state index is 10.2. The van der Waals surface area contributed by atoms with Crippen LogP contribution in [-0.4, -0.2) is 28.3 Å². The highest BCUT2D eigenvalue weighted by molar-refractivity contribution is 5.73. The molecule has 0 aromatic heterocycles. The summed E-state index contributed by atoms with van der Waals surface area (Å²) in [6, 6.07) is -0.699. The standard InChI is InChI=1S/C6H13NO2.CH3NO2/c1-3-4(2)5(7)6(8)9;2-1(3)4/h4-5H,3,7H2,1-2H3,(H,8,9);2H2,(H,3,4). The number of carbonyl (C=O) groups is 2. The van der Waals surface area contributed by atoms with Crippen molar-refractivity contribution >= 4 is 12.1 Å². The van der Waals surface area contributed by atoms with Gasteiger partial charge in [0.2, 0.25) is 0 Å². The highest BCUT2D eigenvalue weighted by Crippen LogP contribution is 2.04. The van der Waals surface area contributed by atoms with Gasteiger partial charge in [0.25, 0.3) is 0 Å². The van der Waals surface area contributed by atoms with Crippen molar-refractivity contribution in [2.24, 2.45) is 17.4 Å². The van der Waals surface area contributed by atoms with E-state index in [-0.39, 0.29) is 5.92 Å². The number of aliphatic carboxylic acids is 1. The molecule has 0 rings (SSSR count). The largest absolute Gasteiger partial charge is 0.480 e. The predicted octanol–water partition coefficient (Wildman–Crippen LogP) is 0.0675. The van der Waals surface area contributed by atoms with Crippen molar-refractivity contribution in [3.63, 3.8) is 0 Å². The summed E-state index contributed by atoms with van der Waals surface area (Å²) in [5.41, 5.74) is 9.30. The zero-order valence-electron chi connectivity index (χ0n) is 7.73. The maximum atomic E-state index is 10.2. The summed E-state index contributed by atoms with van der Waals surface area (Å²) in [6.07, 6.45) is -0.520. The molecular formula is C7H16N2O4. The molecule has 0 heterocycles. The number of hydrogen-bond acceptors (Lipinski definition) is 3. The number of carboxylic acid groups (broad SMARTS) is 2. The molecule has 0 radical (unpaired) electrons. The second kappa shape index (κ2) is 7.35. The van der Waals surface area contributed by atoms with E-state index in [1.807, 2.05) is 13.8 Å². The Bertz CT molecular complexity index is 168. The molecular weight excluding hydrogens is 176 g/mol. The Labute approximate surface area is 76.5 Å². The van der Waals surface area contributed by atoms with E-state index in [0.717, 1.165) is 6.42 Å². The zero-order valence-corrected chi connectivity index (χ0v) is 7.73. The van der Waals surface area contributed by atoms with Crippen LogP contribution in [0.25, 0.3) is 0 Å². The van der Waals surface area contributed by atoms with Crippen LogP contribution in [0.2, 0.25) is 0 Å². The quantitative estimate of drug-likeness (QED) is 0.503. The van der Waals surface area contributed by atoms with Gasteiger partial charge in [0, 0.05) is 0 Å². The fraction of sp³-hybridized carbons (Fsp3) is 0.714. The molecule has 0 spiro atoms. The van der Waals surface area contributed by atoms with Crippen LogP contribution >= 0.6 is 0 Å². The number of rotatable bonds is 3. The van der Waals surface area contributed by atoms with Gasteiger partial charge in [-0.2, -0.15) is 0 Å². The molecule has 78 valence electrons. The van der Waals surface area contributed by atoms with Gasteiger partial charge in [-0.25, -0.2) is 4.79 Å². The summed E-state index contributed by atoms with van der Waals surface area (Å²) in [7, 11) is 0. The molecule has 0 saturated carbocycles. The molecule has 0 aromatic carbocycles. The van der Waals surface area contributed by atoms with Crippen LogP contribution in [0.3, 0.4) is 0 Å². The highest BCUT2D eigenvalue weighted by Gasteiger charge is 2.17. The molecule has 2 unspecified atom stereocenters. The van der Waals surface area contributed by atoms with E-state index in [2.05, 4.69) is 5.73 Å². The minimum atomic E-state index is -1.33. The van der Waals surface area contributed by atoms with Gasteiger partial charge < -0.3 is 21.7 Å². The Morgan fingerprint density at radius 1 is 1.38 bits per heavy atom. The maximum Gasteiger partial charge on any atom is 0.402 e. The molecule has 6 nitrogen and oxygen atoms in total. The fourth-order valence-electron chi connectivity index (χ4n) is 0.497. The minimum Gasteiger partial charge on any atom is -0.480 e. The van der Waals surface area contributed by atoms with Crippen molar-refractivity contribution in [1.29, 1.82) is 0 Å². The SMILES string of the molecule is CCC(C)C(N)C(=O)O.NC(=O)O. The van der Waals surface area contributed by atoms with E-state index < -0.39 is 18.1 Å². The lowest BCUT2D eigenvalue weighted by Gasteiger charge is -2.11. The molecule has 0 aromatic rings. The van der Waals surface area contributed by atoms with Gasteiger partial charge in [0.05, 0.1) is 0 Å². The van der Waals surface area contributed by atoms with Crippen LogP contribution in [0.1, 0.15) is 20.3 Å². The normalized spacial score (nSPS) is 13.5. The van der Waals surface area contributed by atoms with Gasteiger partial charge in [-0.15, -0.1) is 0 Å². The number of hydrogen-bond donors (Lipinski definition) is 4. The Morgan fingerprint density at radius 2 is 1.69 bits per heavy atom. The molecule has 0 aliphatic heterocycles. The third-order valence-corrected chi connectivity index (χ3v) is 1.54. The first-order chi connectivity index (χ1) is 5.82. The summed E-state index contributed by atoms with van der Waals surface area (Å²) in [4.78, 5) is 19.0. The highest BCUT2D eigenvalue weighted by atomic mass is 16.4. The summed E-state index contributed by atoms with van der Waals surface area (Å²) in [6.45, 7) is 3.76. The smallest absolute Gasteiger partial charge is 0.402 e. The molecule has 0 bridgehead atoms. The summed E-state index contributed by atoms with van der Waals surface area (Å²) < 4.78 is 0. The molecule has 0 aliphatic carbocycles. The van der Waals surface area contributed by atoms with Crippen LogP contribution in [0, 0.1) is 5.92 Å². The second-order valence-electron chi connectivity index (χ2n) is 2.59. The van der Waals surface area contributed by atoms with Gasteiger partial charge in [0.1, 0.15) is 6.04 Å². The lowest BCUT2D eigenvalue weighted by Crippen LogP contribution is -2.36. The van der Waals surface area contributed by atoms with Crippen LogP contribution in [-0.2, 0) is 4.79 Å². The van der Waals surface area contributed by atoms with E-state index in [4.69, 9.17) is 20.7 Å². The van der Waals surface area contributed by atoms with E-state index in [1.54, 1.807) is 0 Å². The topological polar surface area (TPSA) is 127 Å². The Balaban J connectivity index is 0. The van der Waals surface area contributed by atoms with Crippen LogP contribution < -0.4 is 11.5 Å². The van der Waals surface area contributed by atoms with E-state index >= 15 is 0 Å². The molecule has 6 N–H and O–H groups in total. The fourth-order valence-corrected chi connectivity index (χ4v) is 0.497. The first-order valence-electron chi connectivity index (χ1n) is 3.79. The van der Waals surface area contributed by atoms with Crippen molar-refractivity contribution < 1.29 is 19.8 Å².